The molecule has 1 saturated heterocycles. The number of pyridine rings is 1. The third-order valence-electron chi connectivity index (χ3n) is 5.57. The van der Waals surface area contributed by atoms with E-state index >= 15 is 0 Å². The average molecular weight is 453 g/mol. The van der Waals surface area contributed by atoms with Crippen LogP contribution in [-0.2, 0) is 4.79 Å². The van der Waals surface area contributed by atoms with Crippen LogP contribution in [0, 0.1) is 0 Å². The van der Waals surface area contributed by atoms with Crippen molar-refractivity contribution in [2.75, 3.05) is 23.7 Å². The molecule has 1 amide bonds. The van der Waals surface area contributed by atoms with Crippen LogP contribution in [0.25, 0.3) is 11.0 Å². The Bertz CT molecular complexity index is 1330. The third kappa shape index (κ3) is 4.52. The lowest BCUT2D eigenvalue weighted by Crippen LogP contribution is -2.65. The number of aromatic nitrogens is 3. The van der Waals surface area contributed by atoms with E-state index in [1.54, 1.807) is 4.90 Å². The SMILES string of the molecule is C=CC(=O)N1CC(C)(Nc2ccc3ncnc(Nc4ccc(Oc5ccccc5)cc4)c3n2)C1. The number of hydrogen-bond acceptors (Lipinski definition) is 7. The number of amides is 1. The minimum Gasteiger partial charge on any atom is -0.457 e. The standard InChI is InChI=1S/C26H24N6O2/c1-3-23(33)32-15-26(2,16-32)31-22-14-13-21-24(30-22)25(28-17-27-21)29-18-9-11-20(12-10-18)34-19-7-5-4-6-8-19/h3-14,17H,1,15-16H2,2H3,(H,30,31)(H,27,28,29). The number of nitrogens with zero attached hydrogens (tertiary/aromatic N) is 4. The van der Waals surface area contributed by atoms with Crippen LogP contribution in [0.2, 0.25) is 0 Å². The minimum absolute atomic E-state index is 0.0641. The lowest BCUT2D eigenvalue weighted by Gasteiger charge is -2.48. The number of ether oxygens (including phenoxy) is 1. The molecule has 0 radical (unpaired) electrons. The van der Waals surface area contributed by atoms with Gasteiger partial charge in [-0.25, -0.2) is 15.0 Å². The Labute approximate surface area is 197 Å². The first kappa shape index (κ1) is 21.4. The summed E-state index contributed by atoms with van der Waals surface area (Å²) in [5.74, 6) is 2.77. The molecular weight excluding hydrogens is 428 g/mol. The van der Waals surface area contributed by atoms with Crippen molar-refractivity contribution in [3.63, 3.8) is 0 Å². The van der Waals surface area contributed by atoms with Gasteiger partial charge in [-0.3, -0.25) is 4.79 Å². The Morgan fingerprint density at radius 3 is 2.50 bits per heavy atom. The number of nitrogens with one attached hydrogen (secondary N) is 2. The largest absolute Gasteiger partial charge is 0.457 e. The number of rotatable bonds is 7. The molecule has 8 heteroatoms. The summed E-state index contributed by atoms with van der Waals surface area (Å²) in [4.78, 5) is 27.0. The van der Waals surface area contributed by atoms with Crippen LogP contribution in [0.5, 0.6) is 11.5 Å². The Morgan fingerprint density at radius 1 is 1.03 bits per heavy atom. The quantitative estimate of drug-likeness (QED) is 0.391. The Morgan fingerprint density at radius 2 is 1.76 bits per heavy atom. The van der Waals surface area contributed by atoms with E-state index in [4.69, 9.17) is 9.72 Å². The van der Waals surface area contributed by atoms with Crippen molar-refractivity contribution in [1.29, 1.82) is 0 Å². The first-order valence-corrected chi connectivity index (χ1v) is 10.9. The summed E-state index contributed by atoms with van der Waals surface area (Å²) in [6.07, 6.45) is 2.85. The summed E-state index contributed by atoms with van der Waals surface area (Å²) in [6.45, 7) is 6.78. The Kier molecular flexibility index (Phi) is 5.55. The maximum Gasteiger partial charge on any atom is 0.246 e. The predicted octanol–water partition coefficient (Wildman–Crippen LogP) is 4.76. The fraction of sp³-hybridized carbons (Fsp3) is 0.154. The molecule has 2 aromatic carbocycles. The van der Waals surface area contributed by atoms with Gasteiger partial charge in [0.2, 0.25) is 5.91 Å². The number of anilines is 3. The fourth-order valence-electron chi connectivity index (χ4n) is 3.94. The molecule has 2 N–H and O–H groups in total. The van der Waals surface area contributed by atoms with Crippen molar-refractivity contribution in [1.82, 2.24) is 19.9 Å². The molecule has 0 atom stereocenters. The molecule has 1 aliphatic heterocycles. The van der Waals surface area contributed by atoms with E-state index in [9.17, 15) is 4.79 Å². The van der Waals surface area contributed by atoms with Gasteiger partial charge in [0, 0.05) is 18.8 Å². The summed E-state index contributed by atoms with van der Waals surface area (Å²) in [6, 6.07) is 21.1. The fourth-order valence-corrected chi connectivity index (χ4v) is 3.94. The second-order valence-corrected chi connectivity index (χ2v) is 8.44. The molecule has 5 rings (SSSR count). The van der Waals surface area contributed by atoms with Crippen LogP contribution in [0.15, 0.2) is 85.7 Å². The van der Waals surface area contributed by atoms with Gasteiger partial charge in [0.1, 0.15) is 29.2 Å². The zero-order chi connectivity index (χ0) is 23.5. The number of benzene rings is 2. The molecule has 0 saturated carbocycles. The normalized spacial score (nSPS) is 14.2. The molecule has 2 aromatic heterocycles. The second kappa shape index (κ2) is 8.82. The molecule has 0 unspecified atom stereocenters. The summed E-state index contributed by atoms with van der Waals surface area (Å²) < 4.78 is 5.86. The molecule has 4 aromatic rings. The topological polar surface area (TPSA) is 92.3 Å². The van der Waals surface area contributed by atoms with E-state index in [0.717, 1.165) is 22.7 Å². The van der Waals surface area contributed by atoms with E-state index in [0.29, 0.717) is 30.2 Å². The molecule has 0 bridgehead atoms. The summed E-state index contributed by atoms with van der Waals surface area (Å²) >= 11 is 0. The molecule has 8 nitrogen and oxygen atoms in total. The first-order valence-electron chi connectivity index (χ1n) is 10.9. The van der Waals surface area contributed by atoms with Crippen molar-refractivity contribution < 1.29 is 9.53 Å². The van der Waals surface area contributed by atoms with E-state index in [1.165, 1.54) is 12.4 Å². The van der Waals surface area contributed by atoms with Gasteiger partial charge in [0.05, 0.1) is 11.1 Å². The highest BCUT2D eigenvalue weighted by molar-refractivity contribution is 5.89. The molecular formula is C26H24N6O2. The van der Waals surface area contributed by atoms with Gasteiger partial charge >= 0.3 is 0 Å². The zero-order valence-corrected chi connectivity index (χ0v) is 18.7. The van der Waals surface area contributed by atoms with Crippen molar-refractivity contribution >= 4 is 34.3 Å². The van der Waals surface area contributed by atoms with Crippen LogP contribution in [0.1, 0.15) is 6.92 Å². The number of likely N-dealkylation sites (tertiary alicyclic amines) is 1. The van der Waals surface area contributed by atoms with E-state index < -0.39 is 0 Å². The van der Waals surface area contributed by atoms with Crippen LogP contribution >= 0.6 is 0 Å². The molecule has 34 heavy (non-hydrogen) atoms. The van der Waals surface area contributed by atoms with Gasteiger partial charge in [-0.2, -0.15) is 0 Å². The van der Waals surface area contributed by atoms with Crippen molar-refractivity contribution in [3.05, 3.63) is 85.7 Å². The lowest BCUT2D eigenvalue weighted by atomic mass is 9.92. The van der Waals surface area contributed by atoms with Crippen molar-refractivity contribution in [3.8, 4) is 11.5 Å². The average Bonchev–Trinajstić information content (AvgIpc) is 2.84. The third-order valence-corrected chi connectivity index (χ3v) is 5.57. The molecule has 1 fully saturated rings. The van der Waals surface area contributed by atoms with Crippen molar-refractivity contribution in [2.45, 2.75) is 12.5 Å². The number of fused-ring (bicyclic) bond motifs is 1. The summed E-state index contributed by atoms with van der Waals surface area (Å²) in [5, 5.41) is 6.76. The van der Waals surface area contributed by atoms with E-state index in [2.05, 4.69) is 34.1 Å². The summed E-state index contributed by atoms with van der Waals surface area (Å²) in [5.41, 5.74) is 1.98. The second-order valence-electron chi connectivity index (χ2n) is 8.44. The molecule has 0 spiro atoms. The highest BCUT2D eigenvalue weighted by Gasteiger charge is 2.40. The highest BCUT2D eigenvalue weighted by atomic mass is 16.5. The van der Waals surface area contributed by atoms with Crippen LogP contribution in [-0.4, -0.2) is 44.4 Å². The van der Waals surface area contributed by atoms with E-state index in [1.807, 2.05) is 66.7 Å². The monoisotopic (exact) mass is 452 g/mol. The summed E-state index contributed by atoms with van der Waals surface area (Å²) in [7, 11) is 0. The Balaban J connectivity index is 1.32. The van der Waals surface area contributed by atoms with Gasteiger partial charge in [0.25, 0.3) is 0 Å². The molecule has 3 heterocycles. The zero-order valence-electron chi connectivity index (χ0n) is 18.7. The van der Waals surface area contributed by atoms with Gasteiger partial charge < -0.3 is 20.3 Å². The van der Waals surface area contributed by atoms with E-state index in [-0.39, 0.29) is 11.4 Å². The maximum absolute atomic E-state index is 11.8. The number of hydrogen-bond donors (Lipinski definition) is 2. The lowest BCUT2D eigenvalue weighted by molar-refractivity contribution is -0.132. The number of carbonyl (C=O) groups excluding carboxylic acids is 1. The van der Waals surface area contributed by atoms with Crippen molar-refractivity contribution in [2.24, 2.45) is 0 Å². The van der Waals surface area contributed by atoms with Gasteiger partial charge in [0.15, 0.2) is 5.82 Å². The van der Waals surface area contributed by atoms with Crippen LogP contribution < -0.4 is 15.4 Å². The predicted molar refractivity (Wildman–Crippen MR) is 132 cm³/mol. The highest BCUT2D eigenvalue weighted by Crippen LogP contribution is 2.29. The molecule has 170 valence electrons. The molecule has 1 aliphatic rings. The van der Waals surface area contributed by atoms with Gasteiger partial charge in [-0.05, 0) is 61.5 Å². The van der Waals surface area contributed by atoms with Crippen LogP contribution in [0.4, 0.5) is 17.3 Å². The van der Waals surface area contributed by atoms with Gasteiger partial charge in [-0.1, -0.05) is 24.8 Å². The van der Waals surface area contributed by atoms with Crippen LogP contribution in [0.3, 0.4) is 0 Å². The smallest absolute Gasteiger partial charge is 0.246 e. The number of carbonyl (C=O) groups is 1. The Hall–Kier alpha value is -4.46. The maximum atomic E-state index is 11.8. The van der Waals surface area contributed by atoms with Gasteiger partial charge in [-0.15, -0.1) is 0 Å². The molecule has 0 aliphatic carbocycles. The first-order chi connectivity index (χ1) is 16.5. The number of para-hydroxylation sites is 1. The minimum atomic E-state index is -0.253.